The fraction of sp³-hybridized carbons (Fsp3) is 0.750. The largest absolute Gasteiger partial charge is 0.458 e. The first-order chi connectivity index (χ1) is 12.6. The van der Waals surface area contributed by atoms with Gasteiger partial charge in [0.1, 0.15) is 6.10 Å². The minimum Gasteiger partial charge on any atom is -0.458 e. The molecule has 0 radical (unpaired) electrons. The molecule has 5 nitrogen and oxygen atoms in total. The van der Waals surface area contributed by atoms with E-state index in [0.29, 0.717) is 18.5 Å². The van der Waals surface area contributed by atoms with E-state index < -0.39 is 0 Å². The van der Waals surface area contributed by atoms with Gasteiger partial charge in [0.15, 0.2) is 0 Å². The molecule has 6 heteroatoms. The number of ether oxygens (including phenoxy) is 1. The number of aromatic nitrogens is 2. The quantitative estimate of drug-likeness (QED) is 0.746. The molecule has 4 bridgehead atoms. The zero-order valence-corrected chi connectivity index (χ0v) is 16.7. The zero-order valence-electron chi connectivity index (χ0n) is 15.1. The van der Waals surface area contributed by atoms with Gasteiger partial charge in [-0.25, -0.2) is 9.97 Å². The zero-order chi connectivity index (χ0) is 17.7. The Morgan fingerprint density at radius 3 is 2.35 bits per heavy atom. The average Bonchev–Trinajstić information content (AvgIpc) is 2.62. The first-order valence-electron chi connectivity index (χ1n) is 10.0. The molecule has 1 amide bonds. The first-order valence-corrected chi connectivity index (χ1v) is 10.8. The molecule has 0 aromatic carbocycles. The van der Waals surface area contributed by atoms with Gasteiger partial charge in [-0.15, -0.1) is 0 Å². The molecule has 1 aromatic rings. The Kier molecular flexibility index (Phi) is 4.22. The molecular formula is C20H26BrN3O2. The second kappa shape index (κ2) is 6.47. The highest BCUT2D eigenvalue weighted by Gasteiger charge is 2.55. The third-order valence-corrected chi connectivity index (χ3v) is 7.44. The molecule has 5 fully saturated rings. The van der Waals surface area contributed by atoms with Crippen molar-refractivity contribution in [2.45, 2.75) is 57.5 Å². The number of likely N-dealkylation sites (tertiary alicyclic amines) is 1. The molecule has 1 aromatic heterocycles. The number of carbonyl (C=O) groups is 1. The van der Waals surface area contributed by atoms with Gasteiger partial charge >= 0.3 is 6.01 Å². The van der Waals surface area contributed by atoms with Crippen LogP contribution in [-0.2, 0) is 4.79 Å². The van der Waals surface area contributed by atoms with E-state index in [1.54, 1.807) is 12.4 Å². The van der Waals surface area contributed by atoms with Crippen molar-refractivity contribution in [3.8, 4) is 6.01 Å². The number of carbonyl (C=O) groups excluding carboxylic acids is 1. The van der Waals surface area contributed by atoms with Crippen molar-refractivity contribution in [2.75, 3.05) is 13.1 Å². The third-order valence-electron chi connectivity index (χ3n) is 7.03. The van der Waals surface area contributed by atoms with Crippen LogP contribution in [0.4, 0.5) is 0 Å². The summed E-state index contributed by atoms with van der Waals surface area (Å²) in [5.41, 5.74) is -0.0508. The predicted molar refractivity (Wildman–Crippen MR) is 101 cm³/mol. The van der Waals surface area contributed by atoms with Crippen LogP contribution in [0.1, 0.15) is 51.4 Å². The summed E-state index contributed by atoms with van der Waals surface area (Å²) in [6.07, 6.45) is 12.9. The van der Waals surface area contributed by atoms with Crippen LogP contribution in [0.25, 0.3) is 0 Å². The normalized spacial score (nSPS) is 38.4. The second-order valence-corrected chi connectivity index (χ2v) is 9.93. The summed E-state index contributed by atoms with van der Waals surface area (Å²) in [5, 5.41) is 0. The highest BCUT2D eigenvalue weighted by molar-refractivity contribution is 9.10. The molecule has 4 aliphatic carbocycles. The number of amides is 1. The van der Waals surface area contributed by atoms with E-state index in [9.17, 15) is 4.79 Å². The summed E-state index contributed by atoms with van der Waals surface area (Å²) < 4.78 is 6.81. The lowest BCUT2D eigenvalue weighted by Crippen LogP contribution is -2.57. The van der Waals surface area contributed by atoms with Gasteiger partial charge in [0.25, 0.3) is 0 Å². The fourth-order valence-corrected chi connectivity index (χ4v) is 6.64. The van der Waals surface area contributed by atoms with Crippen molar-refractivity contribution in [3.63, 3.8) is 0 Å². The molecule has 1 atom stereocenters. The lowest BCUT2D eigenvalue weighted by molar-refractivity contribution is -0.160. The van der Waals surface area contributed by atoms with Crippen LogP contribution in [0.3, 0.4) is 0 Å². The van der Waals surface area contributed by atoms with Crippen molar-refractivity contribution in [3.05, 3.63) is 16.9 Å². The van der Waals surface area contributed by atoms with Gasteiger partial charge in [0.05, 0.1) is 16.4 Å². The lowest BCUT2D eigenvalue weighted by atomic mass is 9.49. The minimum absolute atomic E-state index is 0.00258. The number of rotatable bonds is 3. The fourth-order valence-electron chi connectivity index (χ4n) is 6.44. The predicted octanol–water partition coefficient (Wildman–Crippen LogP) is 3.83. The molecule has 4 saturated carbocycles. The van der Waals surface area contributed by atoms with Gasteiger partial charge in [-0.05, 0) is 85.1 Å². The summed E-state index contributed by atoms with van der Waals surface area (Å²) in [6, 6.07) is 0.405. The minimum atomic E-state index is -0.0508. The maximum absolute atomic E-state index is 13.5. The smallest absolute Gasteiger partial charge is 0.316 e. The average molecular weight is 420 g/mol. The van der Waals surface area contributed by atoms with Crippen LogP contribution in [0, 0.1) is 23.2 Å². The van der Waals surface area contributed by atoms with Crippen LogP contribution < -0.4 is 4.74 Å². The molecule has 1 aliphatic heterocycles. The van der Waals surface area contributed by atoms with E-state index in [0.717, 1.165) is 60.9 Å². The Labute approximate surface area is 163 Å². The highest BCUT2D eigenvalue weighted by atomic mass is 79.9. The molecular weight excluding hydrogens is 394 g/mol. The van der Waals surface area contributed by atoms with Crippen molar-refractivity contribution < 1.29 is 9.53 Å². The standard InChI is InChI=1S/C20H26BrN3O2/c21-16-10-22-19(23-11-16)26-17-2-1-3-24(12-17)18(25)20-7-13-4-14(8-20)6-15(5-13)9-20/h10-11,13-15,17H,1-9,12H2/t13?,14?,15?,17-,20?/m0/s1. The first kappa shape index (κ1) is 17.0. The number of nitrogens with zero attached hydrogens (tertiary/aromatic N) is 3. The van der Waals surface area contributed by atoms with Crippen LogP contribution in [0.5, 0.6) is 6.01 Å². The van der Waals surface area contributed by atoms with Crippen LogP contribution in [0.15, 0.2) is 16.9 Å². The van der Waals surface area contributed by atoms with Crippen LogP contribution in [0.2, 0.25) is 0 Å². The summed E-state index contributed by atoms with van der Waals surface area (Å²) >= 11 is 3.34. The molecule has 26 heavy (non-hydrogen) atoms. The van der Waals surface area contributed by atoms with Gasteiger partial charge in [-0.3, -0.25) is 4.79 Å². The maximum atomic E-state index is 13.5. The summed E-state index contributed by atoms with van der Waals surface area (Å²) in [5.74, 6) is 2.83. The molecule has 5 aliphatic rings. The Morgan fingerprint density at radius 1 is 1.12 bits per heavy atom. The van der Waals surface area contributed by atoms with Gasteiger partial charge in [0.2, 0.25) is 5.91 Å². The van der Waals surface area contributed by atoms with Crippen LogP contribution >= 0.6 is 15.9 Å². The van der Waals surface area contributed by atoms with Crippen LogP contribution in [-0.4, -0.2) is 40.0 Å². The number of piperidine rings is 1. The van der Waals surface area contributed by atoms with Gasteiger partial charge in [-0.1, -0.05) is 0 Å². The molecule has 1 saturated heterocycles. The Morgan fingerprint density at radius 2 is 1.73 bits per heavy atom. The van der Waals surface area contributed by atoms with E-state index in [2.05, 4.69) is 30.8 Å². The van der Waals surface area contributed by atoms with Gasteiger partial charge in [0, 0.05) is 18.9 Å². The molecule has 140 valence electrons. The molecule has 0 unspecified atom stereocenters. The summed E-state index contributed by atoms with van der Waals surface area (Å²) in [4.78, 5) is 24.1. The monoisotopic (exact) mass is 419 g/mol. The molecule has 0 N–H and O–H groups in total. The number of hydrogen-bond acceptors (Lipinski definition) is 4. The Bertz CT molecular complexity index is 658. The Hall–Kier alpha value is -1.17. The third kappa shape index (κ3) is 3.04. The van der Waals surface area contributed by atoms with E-state index in [-0.39, 0.29) is 11.5 Å². The SMILES string of the molecule is O=C(N1CCC[C@H](Oc2ncc(Br)cn2)C1)C12CC3CC(CC(C3)C1)C2. The number of halogens is 1. The topological polar surface area (TPSA) is 55.3 Å². The van der Waals surface area contributed by atoms with Gasteiger partial charge in [-0.2, -0.15) is 0 Å². The Balaban J connectivity index is 1.28. The van der Waals surface area contributed by atoms with E-state index in [4.69, 9.17) is 4.74 Å². The molecule has 6 rings (SSSR count). The van der Waals surface area contributed by atoms with E-state index >= 15 is 0 Å². The van der Waals surface area contributed by atoms with Crippen molar-refractivity contribution in [2.24, 2.45) is 23.2 Å². The molecule has 2 heterocycles. The summed E-state index contributed by atoms with van der Waals surface area (Å²) in [7, 11) is 0. The summed E-state index contributed by atoms with van der Waals surface area (Å²) in [6.45, 7) is 1.56. The van der Waals surface area contributed by atoms with Crippen molar-refractivity contribution in [1.82, 2.24) is 14.9 Å². The highest BCUT2D eigenvalue weighted by Crippen LogP contribution is 2.60. The maximum Gasteiger partial charge on any atom is 0.316 e. The van der Waals surface area contributed by atoms with E-state index in [1.165, 1.54) is 19.3 Å². The molecule has 0 spiro atoms. The van der Waals surface area contributed by atoms with Gasteiger partial charge < -0.3 is 9.64 Å². The van der Waals surface area contributed by atoms with Crippen molar-refractivity contribution >= 4 is 21.8 Å². The second-order valence-electron chi connectivity index (χ2n) is 9.01. The lowest BCUT2D eigenvalue weighted by Gasteiger charge is -2.57. The number of hydrogen-bond donors (Lipinski definition) is 0. The van der Waals surface area contributed by atoms with E-state index in [1.807, 2.05) is 0 Å². The van der Waals surface area contributed by atoms with Crippen molar-refractivity contribution in [1.29, 1.82) is 0 Å².